The van der Waals surface area contributed by atoms with Crippen molar-refractivity contribution in [1.29, 1.82) is 0 Å². The van der Waals surface area contributed by atoms with E-state index in [0.717, 1.165) is 31.2 Å². The number of nitro groups is 1. The average molecular weight is 378 g/mol. The molecular weight excluding hydrogens is 364 g/mol. The summed E-state index contributed by atoms with van der Waals surface area (Å²) in [6.07, 6.45) is 0. The van der Waals surface area contributed by atoms with E-state index < -0.39 is 0 Å². The molecule has 0 aliphatic rings. The van der Waals surface area contributed by atoms with Crippen LogP contribution >= 0.6 is 23.1 Å². The summed E-state index contributed by atoms with van der Waals surface area (Å²) in [5, 5.41) is 12.4. The molecule has 4 rings (SSSR count). The number of hydrogen-bond donors (Lipinski definition) is 0. The van der Waals surface area contributed by atoms with Crippen molar-refractivity contribution in [3.05, 3.63) is 82.4 Å². The van der Waals surface area contributed by atoms with Crippen molar-refractivity contribution in [3.63, 3.8) is 0 Å². The van der Waals surface area contributed by atoms with Gasteiger partial charge in [0, 0.05) is 16.5 Å². The highest BCUT2D eigenvalue weighted by Crippen LogP contribution is 2.39. The van der Waals surface area contributed by atoms with Gasteiger partial charge < -0.3 is 0 Å². The lowest BCUT2D eigenvalue weighted by Gasteiger charge is -2.05. The van der Waals surface area contributed by atoms with Gasteiger partial charge in [-0.3, -0.25) is 10.1 Å². The first-order chi connectivity index (χ1) is 12.6. The molecular formula is C20H14N2O2S2. The highest BCUT2D eigenvalue weighted by Gasteiger charge is 2.18. The third kappa shape index (κ3) is 3.34. The van der Waals surface area contributed by atoms with E-state index in [9.17, 15) is 10.1 Å². The molecule has 0 aliphatic carbocycles. The van der Waals surface area contributed by atoms with E-state index in [1.807, 2.05) is 67.6 Å². The zero-order valence-electron chi connectivity index (χ0n) is 13.9. The zero-order valence-corrected chi connectivity index (χ0v) is 15.5. The van der Waals surface area contributed by atoms with Gasteiger partial charge in [0.1, 0.15) is 5.01 Å². The lowest BCUT2D eigenvalue weighted by Crippen LogP contribution is -1.92. The highest BCUT2D eigenvalue weighted by molar-refractivity contribution is 7.99. The van der Waals surface area contributed by atoms with Crippen LogP contribution in [0.2, 0.25) is 0 Å². The molecule has 0 atom stereocenters. The number of rotatable bonds is 4. The quantitative estimate of drug-likeness (QED) is 0.307. The summed E-state index contributed by atoms with van der Waals surface area (Å²) in [5.74, 6) is 0. The van der Waals surface area contributed by atoms with Crippen LogP contribution in [0.25, 0.3) is 20.8 Å². The monoisotopic (exact) mass is 378 g/mol. The first kappa shape index (κ1) is 16.8. The minimum atomic E-state index is -0.326. The molecule has 0 radical (unpaired) electrons. The van der Waals surface area contributed by atoms with Crippen LogP contribution in [0, 0.1) is 17.0 Å². The largest absolute Gasteiger partial charge is 0.283 e. The van der Waals surface area contributed by atoms with Crippen LogP contribution in [0.15, 0.2) is 76.5 Å². The van der Waals surface area contributed by atoms with Crippen LogP contribution in [0.1, 0.15) is 5.56 Å². The van der Waals surface area contributed by atoms with Crippen molar-refractivity contribution in [3.8, 4) is 10.6 Å². The van der Waals surface area contributed by atoms with E-state index in [0.29, 0.717) is 4.90 Å². The normalized spacial score (nSPS) is 11.0. The molecule has 1 heterocycles. The summed E-state index contributed by atoms with van der Waals surface area (Å²) in [6, 6.07) is 21.2. The molecule has 3 aromatic carbocycles. The molecule has 0 amide bonds. The van der Waals surface area contributed by atoms with Crippen LogP contribution in [0.5, 0.6) is 0 Å². The Balaban J connectivity index is 1.73. The second-order valence-corrected chi connectivity index (χ2v) is 7.99. The van der Waals surface area contributed by atoms with E-state index in [1.54, 1.807) is 17.4 Å². The molecule has 6 heteroatoms. The van der Waals surface area contributed by atoms with Crippen LogP contribution in [-0.4, -0.2) is 9.91 Å². The minimum absolute atomic E-state index is 0.104. The van der Waals surface area contributed by atoms with E-state index in [1.165, 1.54) is 11.8 Å². The maximum atomic E-state index is 11.6. The van der Waals surface area contributed by atoms with Crippen LogP contribution < -0.4 is 0 Å². The van der Waals surface area contributed by atoms with Gasteiger partial charge in [-0.1, -0.05) is 47.7 Å². The van der Waals surface area contributed by atoms with Crippen molar-refractivity contribution in [2.75, 3.05) is 0 Å². The number of aromatic nitrogens is 1. The third-order valence-corrected chi connectivity index (χ3v) is 6.10. The Labute approximate surface area is 158 Å². The number of fused-ring (bicyclic) bond motifs is 1. The fourth-order valence-electron chi connectivity index (χ4n) is 2.61. The predicted octanol–water partition coefficient (Wildman–Crippen LogP) is 6.33. The van der Waals surface area contributed by atoms with E-state index >= 15 is 0 Å². The number of nitro benzene ring substituents is 1. The van der Waals surface area contributed by atoms with Gasteiger partial charge in [-0.05, 0) is 37.3 Å². The molecule has 0 bridgehead atoms. The summed E-state index contributed by atoms with van der Waals surface area (Å²) >= 11 is 2.94. The number of hydrogen-bond acceptors (Lipinski definition) is 5. The molecule has 0 saturated carbocycles. The predicted molar refractivity (Wildman–Crippen MR) is 107 cm³/mol. The van der Waals surface area contributed by atoms with Gasteiger partial charge >= 0.3 is 0 Å². The Kier molecular flexibility index (Phi) is 4.44. The number of nitrogens with zero attached hydrogens (tertiary/aromatic N) is 2. The zero-order chi connectivity index (χ0) is 18.1. The van der Waals surface area contributed by atoms with Crippen molar-refractivity contribution < 1.29 is 4.92 Å². The Hall–Kier alpha value is -2.70. The molecule has 4 aromatic rings. The second kappa shape index (κ2) is 6.90. The molecule has 128 valence electrons. The van der Waals surface area contributed by atoms with E-state index in [-0.39, 0.29) is 10.6 Å². The summed E-state index contributed by atoms with van der Waals surface area (Å²) in [5.41, 5.74) is 2.95. The van der Waals surface area contributed by atoms with Gasteiger partial charge in [0.05, 0.1) is 20.0 Å². The Morgan fingerprint density at radius 2 is 1.81 bits per heavy atom. The fraction of sp³-hybridized carbons (Fsp3) is 0.0500. The van der Waals surface area contributed by atoms with Gasteiger partial charge in [-0.2, -0.15) is 0 Å². The maximum absolute atomic E-state index is 11.6. The molecule has 4 nitrogen and oxygen atoms in total. The van der Waals surface area contributed by atoms with Gasteiger partial charge in [0.15, 0.2) is 0 Å². The van der Waals surface area contributed by atoms with Gasteiger partial charge in [0.2, 0.25) is 0 Å². The minimum Gasteiger partial charge on any atom is -0.258 e. The van der Waals surface area contributed by atoms with Crippen LogP contribution in [0.4, 0.5) is 5.69 Å². The molecule has 0 spiro atoms. The number of para-hydroxylation sites is 1. The van der Waals surface area contributed by atoms with Gasteiger partial charge in [0.25, 0.3) is 5.69 Å². The fourth-order valence-corrected chi connectivity index (χ4v) is 4.47. The van der Waals surface area contributed by atoms with Gasteiger partial charge in [-0.15, -0.1) is 11.3 Å². The smallest absolute Gasteiger partial charge is 0.258 e. The van der Waals surface area contributed by atoms with Crippen molar-refractivity contribution in [1.82, 2.24) is 4.98 Å². The van der Waals surface area contributed by atoms with Gasteiger partial charge in [-0.25, -0.2) is 4.98 Å². The second-order valence-electron chi connectivity index (χ2n) is 5.84. The van der Waals surface area contributed by atoms with Crippen molar-refractivity contribution in [2.24, 2.45) is 0 Å². The number of benzene rings is 3. The number of thiazole rings is 1. The summed E-state index contributed by atoms with van der Waals surface area (Å²) in [6.45, 7) is 2.02. The van der Waals surface area contributed by atoms with Crippen LogP contribution in [0.3, 0.4) is 0 Å². The maximum Gasteiger partial charge on any atom is 0.283 e. The Morgan fingerprint density at radius 3 is 2.54 bits per heavy atom. The lowest BCUT2D eigenvalue weighted by molar-refractivity contribution is -0.387. The average Bonchev–Trinajstić information content (AvgIpc) is 3.08. The third-order valence-electron chi connectivity index (χ3n) is 3.95. The molecule has 0 saturated heterocycles. The summed E-state index contributed by atoms with van der Waals surface area (Å²) < 4.78 is 1.07. The summed E-state index contributed by atoms with van der Waals surface area (Å²) in [7, 11) is 0. The molecule has 26 heavy (non-hydrogen) atoms. The molecule has 0 aliphatic heterocycles. The summed E-state index contributed by atoms with van der Waals surface area (Å²) in [4.78, 5) is 17.5. The first-order valence-corrected chi connectivity index (χ1v) is 9.62. The van der Waals surface area contributed by atoms with Crippen molar-refractivity contribution in [2.45, 2.75) is 16.7 Å². The Bertz CT molecular complexity index is 1070. The Morgan fingerprint density at radius 1 is 1.04 bits per heavy atom. The molecule has 0 fully saturated rings. The van der Waals surface area contributed by atoms with Crippen LogP contribution in [-0.2, 0) is 0 Å². The molecule has 1 aromatic heterocycles. The molecule has 0 N–H and O–H groups in total. The topological polar surface area (TPSA) is 56.0 Å². The first-order valence-electron chi connectivity index (χ1n) is 7.99. The molecule has 0 unspecified atom stereocenters. The van der Waals surface area contributed by atoms with Crippen molar-refractivity contribution >= 4 is 39.0 Å². The van der Waals surface area contributed by atoms with E-state index in [2.05, 4.69) is 4.98 Å². The SMILES string of the molecule is Cc1ccc(Sc2ccc(-c3nc4ccccc4s3)cc2[N+](=O)[O-])cc1. The lowest BCUT2D eigenvalue weighted by atomic mass is 10.2. The number of aryl methyl sites for hydroxylation is 1. The standard InChI is InChI=1S/C20H14N2O2S2/c1-13-6-9-15(10-7-13)25-19-11-8-14(12-17(19)22(23)24)20-21-16-4-2-3-5-18(16)26-20/h2-12H,1H3. The van der Waals surface area contributed by atoms with E-state index in [4.69, 9.17) is 0 Å². The highest BCUT2D eigenvalue weighted by atomic mass is 32.2.